The molecule has 2 atom stereocenters. The third-order valence-electron chi connectivity index (χ3n) is 5.00. The fourth-order valence-electron chi connectivity index (χ4n) is 3.99. The average molecular weight is 249 g/mol. The Hall–Kier alpha value is -0.340. The standard InChI is InChI=1S/C16H27NO/c1-3-7-14(8-4-1)17-15-9-12-18-16(13-15)10-5-2-6-11-16/h1,3,14-15,17H,2,4-13H2. The molecule has 2 heteroatoms. The zero-order chi connectivity index (χ0) is 12.3. The van der Waals surface area contributed by atoms with Crippen LogP contribution in [0.3, 0.4) is 0 Å². The third kappa shape index (κ3) is 2.97. The Labute approximate surface area is 111 Å². The van der Waals surface area contributed by atoms with Crippen molar-refractivity contribution in [3.8, 4) is 0 Å². The minimum Gasteiger partial charge on any atom is -0.375 e. The molecule has 0 bridgehead atoms. The molecule has 102 valence electrons. The van der Waals surface area contributed by atoms with Crippen LogP contribution in [0.1, 0.15) is 64.2 Å². The number of rotatable bonds is 2. The van der Waals surface area contributed by atoms with Gasteiger partial charge < -0.3 is 10.1 Å². The van der Waals surface area contributed by atoms with Gasteiger partial charge in [-0.3, -0.25) is 0 Å². The van der Waals surface area contributed by atoms with Crippen molar-refractivity contribution in [3.05, 3.63) is 12.2 Å². The molecule has 1 spiro atoms. The molecule has 2 fully saturated rings. The van der Waals surface area contributed by atoms with Gasteiger partial charge in [0.2, 0.25) is 0 Å². The summed E-state index contributed by atoms with van der Waals surface area (Å²) in [6, 6.07) is 1.42. The molecule has 0 radical (unpaired) electrons. The largest absolute Gasteiger partial charge is 0.375 e. The first-order valence-corrected chi connectivity index (χ1v) is 7.91. The fourth-order valence-corrected chi connectivity index (χ4v) is 3.99. The van der Waals surface area contributed by atoms with Gasteiger partial charge in [-0.25, -0.2) is 0 Å². The minimum atomic E-state index is 0.249. The first-order chi connectivity index (χ1) is 8.86. The monoisotopic (exact) mass is 249 g/mol. The molecule has 0 aromatic rings. The summed E-state index contributed by atoms with van der Waals surface area (Å²) in [5, 5.41) is 3.90. The molecule has 2 aliphatic carbocycles. The quantitative estimate of drug-likeness (QED) is 0.755. The van der Waals surface area contributed by atoms with Crippen LogP contribution < -0.4 is 5.32 Å². The smallest absolute Gasteiger partial charge is 0.0697 e. The van der Waals surface area contributed by atoms with Gasteiger partial charge in [-0.1, -0.05) is 31.4 Å². The molecule has 3 rings (SSSR count). The Bertz CT molecular complexity index is 288. The Morgan fingerprint density at radius 3 is 2.67 bits per heavy atom. The summed E-state index contributed by atoms with van der Waals surface area (Å²) in [6.45, 7) is 0.972. The van der Waals surface area contributed by atoms with Gasteiger partial charge in [0.1, 0.15) is 0 Å². The normalized spacial score (nSPS) is 35.8. The number of hydrogen-bond donors (Lipinski definition) is 1. The Kier molecular flexibility index (Phi) is 4.05. The number of hydrogen-bond acceptors (Lipinski definition) is 2. The van der Waals surface area contributed by atoms with Gasteiger partial charge in [-0.2, -0.15) is 0 Å². The van der Waals surface area contributed by atoms with Crippen LogP contribution in [0.4, 0.5) is 0 Å². The lowest BCUT2D eigenvalue weighted by molar-refractivity contribution is -0.110. The maximum Gasteiger partial charge on any atom is 0.0697 e. The second kappa shape index (κ2) is 5.75. The van der Waals surface area contributed by atoms with Crippen LogP contribution in [0.5, 0.6) is 0 Å². The molecule has 1 heterocycles. The summed E-state index contributed by atoms with van der Waals surface area (Å²) in [5.41, 5.74) is 0.249. The number of allylic oxidation sites excluding steroid dienone is 1. The minimum absolute atomic E-state index is 0.249. The van der Waals surface area contributed by atoms with Crippen LogP contribution in [0.2, 0.25) is 0 Å². The molecule has 0 aromatic carbocycles. The van der Waals surface area contributed by atoms with Crippen LogP contribution >= 0.6 is 0 Å². The zero-order valence-corrected chi connectivity index (χ0v) is 11.5. The second-order valence-electron chi connectivity index (χ2n) is 6.43. The van der Waals surface area contributed by atoms with Gasteiger partial charge in [-0.05, 0) is 44.9 Å². The van der Waals surface area contributed by atoms with Crippen LogP contribution in [0.15, 0.2) is 12.2 Å². The molecule has 1 aliphatic heterocycles. The van der Waals surface area contributed by atoms with E-state index in [2.05, 4.69) is 17.5 Å². The van der Waals surface area contributed by atoms with E-state index < -0.39 is 0 Å². The van der Waals surface area contributed by atoms with E-state index in [0.717, 1.165) is 12.6 Å². The van der Waals surface area contributed by atoms with Gasteiger partial charge in [0.25, 0.3) is 0 Å². The van der Waals surface area contributed by atoms with Crippen molar-refractivity contribution in [1.29, 1.82) is 0 Å². The number of nitrogens with one attached hydrogen (secondary N) is 1. The summed E-state index contributed by atoms with van der Waals surface area (Å²) in [6.07, 6.45) is 17.7. The maximum atomic E-state index is 6.17. The number of ether oxygens (including phenoxy) is 1. The lowest BCUT2D eigenvalue weighted by Crippen LogP contribution is -2.50. The predicted octanol–water partition coefficient (Wildman–Crippen LogP) is 3.57. The van der Waals surface area contributed by atoms with Crippen LogP contribution in [-0.2, 0) is 4.74 Å². The van der Waals surface area contributed by atoms with Gasteiger partial charge in [0, 0.05) is 18.7 Å². The van der Waals surface area contributed by atoms with E-state index in [0.29, 0.717) is 6.04 Å². The highest BCUT2D eigenvalue weighted by Gasteiger charge is 2.38. The first kappa shape index (κ1) is 12.7. The molecule has 2 nitrogen and oxygen atoms in total. The molecule has 3 aliphatic rings. The highest BCUT2D eigenvalue weighted by molar-refractivity contribution is 4.97. The maximum absolute atomic E-state index is 6.17. The van der Waals surface area contributed by atoms with Crippen molar-refractivity contribution in [2.45, 2.75) is 81.9 Å². The average Bonchev–Trinajstić information content (AvgIpc) is 2.41. The molecule has 0 amide bonds. The highest BCUT2D eigenvalue weighted by atomic mass is 16.5. The van der Waals surface area contributed by atoms with Crippen molar-refractivity contribution < 1.29 is 4.74 Å². The van der Waals surface area contributed by atoms with Gasteiger partial charge in [0.15, 0.2) is 0 Å². The van der Waals surface area contributed by atoms with E-state index in [1.165, 1.54) is 64.2 Å². The van der Waals surface area contributed by atoms with Crippen LogP contribution in [-0.4, -0.2) is 24.3 Å². The van der Waals surface area contributed by atoms with E-state index in [1.807, 2.05) is 0 Å². The first-order valence-electron chi connectivity index (χ1n) is 7.91. The molecule has 1 saturated heterocycles. The third-order valence-corrected chi connectivity index (χ3v) is 5.00. The van der Waals surface area contributed by atoms with Crippen molar-refractivity contribution >= 4 is 0 Å². The van der Waals surface area contributed by atoms with Crippen molar-refractivity contribution in [3.63, 3.8) is 0 Å². The molecule has 0 aromatic heterocycles. The van der Waals surface area contributed by atoms with Crippen LogP contribution in [0.25, 0.3) is 0 Å². The summed E-state index contributed by atoms with van der Waals surface area (Å²) in [5.74, 6) is 0. The van der Waals surface area contributed by atoms with Gasteiger partial charge in [0.05, 0.1) is 5.60 Å². The molecule has 18 heavy (non-hydrogen) atoms. The van der Waals surface area contributed by atoms with Crippen LogP contribution in [0, 0.1) is 0 Å². The Morgan fingerprint density at radius 2 is 1.89 bits per heavy atom. The van der Waals surface area contributed by atoms with E-state index >= 15 is 0 Å². The summed E-state index contributed by atoms with van der Waals surface area (Å²) >= 11 is 0. The topological polar surface area (TPSA) is 21.3 Å². The lowest BCUT2D eigenvalue weighted by Gasteiger charge is -2.44. The molecule has 1 N–H and O–H groups in total. The second-order valence-corrected chi connectivity index (χ2v) is 6.43. The van der Waals surface area contributed by atoms with Crippen molar-refractivity contribution in [1.82, 2.24) is 5.32 Å². The predicted molar refractivity (Wildman–Crippen MR) is 74.7 cm³/mol. The highest BCUT2D eigenvalue weighted by Crippen LogP contribution is 2.38. The fraction of sp³-hybridized carbons (Fsp3) is 0.875. The molecule has 1 saturated carbocycles. The van der Waals surface area contributed by atoms with Crippen molar-refractivity contribution in [2.24, 2.45) is 0 Å². The summed E-state index contributed by atoms with van der Waals surface area (Å²) in [7, 11) is 0. The van der Waals surface area contributed by atoms with Gasteiger partial charge in [-0.15, -0.1) is 0 Å². The van der Waals surface area contributed by atoms with E-state index in [1.54, 1.807) is 0 Å². The lowest BCUT2D eigenvalue weighted by atomic mass is 9.78. The summed E-state index contributed by atoms with van der Waals surface area (Å²) < 4.78 is 6.17. The Morgan fingerprint density at radius 1 is 1.00 bits per heavy atom. The Balaban J connectivity index is 1.54. The molecular formula is C16H27NO. The SMILES string of the molecule is C1=CCC(NC2CCOC3(CCCCC3)C2)CC1. The van der Waals surface area contributed by atoms with E-state index in [-0.39, 0.29) is 5.60 Å². The van der Waals surface area contributed by atoms with E-state index in [4.69, 9.17) is 4.74 Å². The zero-order valence-electron chi connectivity index (χ0n) is 11.5. The molecule has 2 unspecified atom stereocenters. The molecular weight excluding hydrogens is 222 g/mol. The van der Waals surface area contributed by atoms with Gasteiger partial charge >= 0.3 is 0 Å². The summed E-state index contributed by atoms with van der Waals surface area (Å²) in [4.78, 5) is 0. The van der Waals surface area contributed by atoms with E-state index in [9.17, 15) is 0 Å². The van der Waals surface area contributed by atoms with Crippen molar-refractivity contribution in [2.75, 3.05) is 6.61 Å².